The van der Waals surface area contributed by atoms with E-state index in [4.69, 9.17) is 0 Å². The summed E-state index contributed by atoms with van der Waals surface area (Å²) in [6.45, 7) is 6.20. The highest BCUT2D eigenvalue weighted by atomic mass is 16.3. The molecule has 0 spiro atoms. The molecule has 1 N–H and O–H groups in total. The number of rotatable bonds is 1. The highest BCUT2D eigenvalue weighted by Crippen LogP contribution is 2.66. The maximum Gasteiger partial charge on any atom is 0.161 e. The Morgan fingerprint density at radius 2 is 1.79 bits per heavy atom. The number of ketones is 2. The summed E-state index contributed by atoms with van der Waals surface area (Å²) < 4.78 is 0. The number of Topliss-reactive ketones (excluding diaryl/α,β-unsaturated/α-hetero) is 2. The van der Waals surface area contributed by atoms with Crippen molar-refractivity contribution in [2.45, 2.75) is 84.2 Å². The van der Waals surface area contributed by atoms with E-state index in [9.17, 15) is 14.7 Å². The van der Waals surface area contributed by atoms with Crippen LogP contribution >= 0.6 is 0 Å². The number of hydrogen-bond acceptors (Lipinski definition) is 3. The first kappa shape index (κ1) is 16.8. The average Bonchev–Trinajstić information content (AvgIpc) is 2.84. The van der Waals surface area contributed by atoms with E-state index in [1.165, 1.54) is 6.42 Å². The van der Waals surface area contributed by atoms with Gasteiger partial charge in [-0.1, -0.05) is 13.8 Å². The standard InChI is InChI=1S/C21H32O3/c1-13(22)21(24)11-10-19(2)14(12-21)4-5-15-16-6-7-18(23)20(16,3)9-8-17(15)19/h14-17,24H,4-12H2,1-3H3/t14-,15+,16+,17+,19-,20-,21-/m0/s1. The molecule has 0 aromatic rings. The maximum atomic E-state index is 12.5. The van der Waals surface area contributed by atoms with Gasteiger partial charge >= 0.3 is 0 Å². The Labute approximate surface area is 145 Å². The van der Waals surface area contributed by atoms with Crippen molar-refractivity contribution in [2.24, 2.45) is 34.5 Å². The van der Waals surface area contributed by atoms with Crippen LogP contribution < -0.4 is 0 Å². The van der Waals surface area contributed by atoms with Crippen LogP contribution in [0.15, 0.2) is 0 Å². The van der Waals surface area contributed by atoms with Crippen molar-refractivity contribution in [1.82, 2.24) is 0 Å². The number of hydrogen-bond donors (Lipinski definition) is 1. The molecule has 0 amide bonds. The Balaban J connectivity index is 1.61. The van der Waals surface area contributed by atoms with Gasteiger partial charge in [-0.3, -0.25) is 9.59 Å². The van der Waals surface area contributed by atoms with Gasteiger partial charge in [-0.15, -0.1) is 0 Å². The van der Waals surface area contributed by atoms with Crippen molar-refractivity contribution in [1.29, 1.82) is 0 Å². The van der Waals surface area contributed by atoms with Crippen LogP contribution in [0.4, 0.5) is 0 Å². The summed E-state index contributed by atoms with van der Waals surface area (Å²) >= 11 is 0. The molecule has 4 aliphatic carbocycles. The van der Waals surface area contributed by atoms with Gasteiger partial charge in [-0.25, -0.2) is 0 Å². The molecule has 0 aromatic carbocycles. The molecule has 0 aliphatic heterocycles. The van der Waals surface area contributed by atoms with Crippen LogP contribution in [0, 0.1) is 34.5 Å². The highest BCUT2D eigenvalue weighted by molar-refractivity contribution is 5.87. The van der Waals surface area contributed by atoms with Crippen LogP contribution in [-0.2, 0) is 9.59 Å². The summed E-state index contributed by atoms with van der Waals surface area (Å²) in [5.74, 6) is 2.85. The molecule has 0 unspecified atom stereocenters. The lowest BCUT2D eigenvalue weighted by Gasteiger charge is -2.61. The third kappa shape index (κ3) is 2.06. The van der Waals surface area contributed by atoms with Gasteiger partial charge in [0.05, 0.1) is 0 Å². The summed E-state index contributed by atoms with van der Waals surface area (Å²) in [5, 5.41) is 10.7. The fourth-order valence-electron chi connectivity index (χ4n) is 7.34. The first-order chi connectivity index (χ1) is 11.2. The lowest BCUT2D eigenvalue weighted by Crippen LogP contribution is -2.57. The fourth-order valence-corrected chi connectivity index (χ4v) is 7.34. The minimum absolute atomic E-state index is 0.0516. The van der Waals surface area contributed by atoms with Crippen molar-refractivity contribution in [2.75, 3.05) is 0 Å². The first-order valence-corrected chi connectivity index (χ1v) is 9.97. The quantitative estimate of drug-likeness (QED) is 0.792. The fraction of sp³-hybridized carbons (Fsp3) is 0.905. The average molecular weight is 332 g/mol. The molecule has 134 valence electrons. The Hall–Kier alpha value is -0.700. The minimum Gasteiger partial charge on any atom is -0.382 e. The molecule has 4 aliphatic rings. The van der Waals surface area contributed by atoms with Crippen molar-refractivity contribution in [3.8, 4) is 0 Å². The zero-order chi connectivity index (χ0) is 17.3. The van der Waals surface area contributed by atoms with Crippen LogP contribution in [0.5, 0.6) is 0 Å². The van der Waals surface area contributed by atoms with Crippen molar-refractivity contribution >= 4 is 11.6 Å². The Morgan fingerprint density at radius 3 is 2.50 bits per heavy atom. The van der Waals surface area contributed by atoms with Crippen LogP contribution in [0.2, 0.25) is 0 Å². The summed E-state index contributed by atoms with van der Waals surface area (Å²) in [7, 11) is 0. The molecule has 24 heavy (non-hydrogen) atoms. The largest absolute Gasteiger partial charge is 0.382 e. The molecule has 0 radical (unpaired) electrons. The maximum absolute atomic E-state index is 12.5. The predicted octanol–water partition coefficient (Wildman–Crippen LogP) is 3.92. The Bertz CT molecular complexity index is 584. The molecule has 7 atom stereocenters. The number of carbonyl (C=O) groups is 2. The minimum atomic E-state index is -1.08. The molecular formula is C21H32O3. The lowest BCUT2D eigenvalue weighted by molar-refractivity contribution is -0.165. The monoisotopic (exact) mass is 332 g/mol. The van der Waals surface area contributed by atoms with Gasteiger partial charge in [0.1, 0.15) is 11.4 Å². The third-order valence-electron chi connectivity index (χ3n) is 9.09. The number of carbonyl (C=O) groups excluding carboxylic acids is 2. The molecule has 4 fully saturated rings. The highest BCUT2D eigenvalue weighted by Gasteiger charge is 2.61. The summed E-state index contributed by atoms with van der Waals surface area (Å²) in [6.07, 6.45) is 8.64. The molecular weight excluding hydrogens is 300 g/mol. The van der Waals surface area contributed by atoms with E-state index >= 15 is 0 Å². The predicted molar refractivity (Wildman–Crippen MR) is 92.4 cm³/mol. The van der Waals surface area contributed by atoms with Gasteiger partial charge in [0, 0.05) is 11.8 Å². The molecule has 4 rings (SSSR count). The molecule has 0 heterocycles. The molecule has 0 bridgehead atoms. The van der Waals surface area contributed by atoms with E-state index in [0.29, 0.717) is 42.3 Å². The number of aliphatic hydroxyl groups is 1. The molecule has 0 aromatic heterocycles. The van der Waals surface area contributed by atoms with Crippen LogP contribution in [0.3, 0.4) is 0 Å². The smallest absolute Gasteiger partial charge is 0.161 e. The van der Waals surface area contributed by atoms with Gasteiger partial charge in [0.2, 0.25) is 0 Å². The van der Waals surface area contributed by atoms with Gasteiger partial charge in [0.15, 0.2) is 5.78 Å². The SMILES string of the molecule is CC(=O)[C@]1(O)CC[C@@]2(C)[C@@H](CC[C@H]3[C@H]2CC[C@]2(C)C(=O)CC[C@H]32)C1. The van der Waals surface area contributed by atoms with Gasteiger partial charge < -0.3 is 5.11 Å². The van der Waals surface area contributed by atoms with E-state index in [1.807, 2.05) is 0 Å². The van der Waals surface area contributed by atoms with Crippen LogP contribution in [-0.4, -0.2) is 22.3 Å². The first-order valence-electron chi connectivity index (χ1n) is 9.97. The van der Waals surface area contributed by atoms with Crippen LogP contribution in [0.1, 0.15) is 78.6 Å². The second kappa shape index (κ2) is 5.16. The van der Waals surface area contributed by atoms with Crippen molar-refractivity contribution in [3.63, 3.8) is 0 Å². The lowest BCUT2D eigenvalue weighted by atomic mass is 9.44. The molecule has 3 nitrogen and oxygen atoms in total. The van der Waals surface area contributed by atoms with Crippen LogP contribution in [0.25, 0.3) is 0 Å². The van der Waals surface area contributed by atoms with Crippen molar-refractivity contribution < 1.29 is 14.7 Å². The van der Waals surface area contributed by atoms with Gasteiger partial charge in [-0.2, -0.15) is 0 Å². The van der Waals surface area contributed by atoms with E-state index in [0.717, 1.165) is 38.5 Å². The zero-order valence-corrected chi connectivity index (χ0v) is 15.4. The Kier molecular flexibility index (Phi) is 3.60. The van der Waals surface area contributed by atoms with E-state index in [1.54, 1.807) is 6.92 Å². The van der Waals surface area contributed by atoms with Crippen molar-refractivity contribution in [3.05, 3.63) is 0 Å². The molecule has 4 saturated carbocycles. The summed E-state index contributed by atoms with van der Waals surface area (Å²) in [5.41, 5.74) is -0.889. The molecule has 0 saturated heterocycles. The van der Waals surface area contributed by atoms with E-state index in [-0.39, 0.29) is 16.6 Å². The normalized spacial score (nSPS) is 53.9. The van der Waals surface area contributed by atoms with E-state index < -0.39 is 5.60 Å². The van der Waals surface area contributed by atoms with E-state index in [2.05, 4.69) is 13.8 Å². The topological polar surface area (TPSA) is 54.4 Å². The zero-order valence-electron chi connectivity index (χ0n) is 15.4. The Morgan fingerprint density at radius 1 is 1.04 bits per heavy atom. The summed E-state index contributed by atoms with van der Waals surface area (Å²) in [6, 6.07) is 0. The second-order valence-electron chi connectivity index (χ2n) is 9.87. The van der Waals surface area contributed by atoms with Gasteiger partial charge in [0.25, 0.3) is 0 Å². The van der Waals surface area contributed by atoms with Gasteiger partial charge in [-0.05, 0) is 87.4 Å². The molecule has 3 heteroatoms. The summed E-state index contributed by atoms with van der Waals surface area (Å²) in [4.78, 5) is 24.4. The second-order valence-corrected chi connectivity index (χ2v) is 9.87. The third-order valence-corrected chi connectivity index (χ3v) is 9.09. The number of fused-ring (bicyclic) bond motifs is 5.